The first-order valence-corrected chi connectivity index (χ1v) is 9.36. The second-order valence-corrected chi connectivity index (χ2v) is 8.59. The predicted molar refractivity (Wildman–Crippen MR) is 95.4 cm³/mol. The molecule has 7 nitrogen and oxygen atoms in total. The van der Waals surface area contributed by atoms with Gasteiger partial charge in [-0.15, -0.1) is 0 Å². The minimum atomic E-state index is -1.15. The maximum Gasteiger partial charge on any atom is 0.404 e. The zero-order valence-corrected chi connectivity index (χ0v) is 15.6. The van der Waals surface area contributed by atoms with Gasteiger partial charge in [0, 0.05) is 25.2 Å². The molecule has 2 aliphatic rings. The fourth-order valence-corrected chi connectivity index (χ4v) is 4.17. The standard InChI is InChI=1S/C18H33N3O4/c1-18(2,3)20-16(23)15-8-12-6-4-5-7-13(12)10-21(15)11-14(22)9-19-17(24)25/h12-15,19,22H,4-11H2,1-3H3,(H,20,23)(H,24,25)/t12?,13?,14?,15-/m0/s1. The molecule has 1 saturated heterocycles. The Balaban J connectivity index is 2.04. The maximum atomic E-state index is 12.8. The van der Waals surface area contributed by atoms with Crippen molar-refractivity contribution in [1.29, 1.82) is 0 Å². The number of nitrogens with zero attached hydrogens (tertiary/aromatic N) is 1. The molecule has 0 aromatic heterocycles. The van der Waals surface area contributed by atoms with Crippen molar-refractivity contribution in [2.75, 3.05) is 19.6 Å². The number of amides is 2. The molecule has 7 heteroatoms. The molecule has 1 heterocycles. The van der Waals surface area contributed by atoms with Crippen LogP contribution < -0.4 is 10.6 Å². The fraction of sp³-hybridized carbons (Fsp3) is 0.889. The molecule has 0 bridgehead atoms. The summed E-state index contributed by atoms with van der Waals surface area (Å²) in [5, 5.41) is 24.1. The molecule has 1 aliphatic carbocycles. The zero-order valence-electron chi connectivity index (χ0n) is 15.6. The number of carboxylic acid groups (broad SMARTS) is 1. The molecule has 0 radical (unpaired) electrons. The number of fused-ring (bicyclic) bond motifs is 1. The number of β-amino-alcohol motifs (C(OH)–C–C–N with tert-alkyl or cyclic N) is 1. The van der Waals surface area contributed by atoms with E-state index in [1.54, 1.807) is 0 Å². The van der Waals surface area contributed by atoms with Gasteiger partial charge >= 0.3 is 6.09 Å². The summed E-state index contributed by atoms with van der Waals surface area (Å²) in [5.74, 6) is 1.16. The third kappa shape index (κ3) is 6.15. The topological polar surface area (TPSA) is 102 Å². The number of hydrogen-bond donors (Lipinski definition) is 4. The number of carbonyl (C=O) groups excluding carboxylic acids is 1. The summed E-state index contributed by atoms with van der Waals surface area (Å²) in [7, 11) is 0. The Morgan fingerprint density at radius 3 is 2.44 bits per heavy atom. The molecule has 4 atom stereocenters. The van der Waals surface area contributed by atoms with Gasteiger partial charge in [0.05, 0.1) is 12.1 Å². The molecule has 2 fully saturated rings. The van der Waals surface area contributed by atoms with Crippen molar-refractivity contribution in [1.82, 2.24) is 15.5 Å². The second kappa shape index (κ2) is 8.36. The van der Waals surface area contributed by atoms with Crippen LogP contribution in [0.2, 0.25) is 0 Å². The van der Waals surface area contributed by atoms with E-state index in [-0.39, 0.29) is 24.0 Å². The first-order valence-electron chi connectivity index (χ1n) is 9.36. The van der Waals surface area contributed by atoms with Gasteiger partial charge in [-0.1, -0.05) is 19.3 Å². The number of carbonyl (C=O) groups is 2. The van der Waals surface area contributed by atoms with E-state index >= 15 is 0 Å². The van der Waals surface area contributed by atoms with Crippen LogP contribution in [0.25, 0.3) is 0 Å². The summed E-state index contributed by atoms with van der Waals surface area (Å²) >= 11 is 0. The highest BCUT2D eigenvalue weighted by Crippen LogP contribution is 2.38. The van der Waals surface area contributed by atoms with E-state index < -0.39 is 12.2 Å². The fourth-order valence-electron chi connectivity index (χ4n) is 4.17. The van der Waals surface area contributed by atoms with Crippen LogP contribution in [0.15, 0.2) is 0 Å². The summed E-state index contributed by atoms with van der Waals surface area (Å²) < 4.78 is 0. The van der Waals surface area contributed by atoms with Gasteiger partial charge in [-0.25, -0.2) is 4.79 Å². The average molecular weight is 355 g/mol. The highest BCUT2D eigenvalue weighted by Gasteiger charge is 2.40. The lowest BCUT2D eigenvalue weighted by Crippen LogP contribution is -2.59. The SMILES string of the molecule is CC(C)(C)NC(=O)[C@@H]1CC2CCCCC2CN1CC(O)CNC(=O)O. The number of hydrogen-bond acceptors (Lipinski definition) is 4. The van der Waals surface area contributed by atoms with Crippen LogP contribution in [0, 0.1) is 11.8 Å². The van der Waals surface area contributed by atoms with E-state index in [0.717, 1.165) is 13.0 Å². The normalized spacial score (nSPS) is 28.7. The van der Waals surface area contributed by atoms with Gasteiger partial charge in [0.1, 0.15) is 0 Å². The van der Waals surface area contributed by atoms with E-state index in [0.29, 0.717) is 18.4 Å². The number of rotatable bonds is 5. The van der Waals surface area contributed by atoms with E-state index in [4.69, 9.17) is 5.11 Å². The van der Waals surface area contributed by atoms with Crippen molar-refractivity contribution in [3.8, 4) is 0 Å². The number of aliphatic hydroxyl groups is 1. The lowest BCUT2D eigenvalue weighted by molar-refractivity contribution is -0.132. The molecule has 144 valence electrons. The van der Waals surface area contributed by atoms with Crippen molar-refractivity contribution in [3.63, 3.8) is 0 Å². The molecule has 1 aliphatic heterocycles. The number of piperidine rings is 1. The van der Waals surface area contributed by atoms with Gasteiger partial charge in [0.25, 0.3) is 0 Å². The number of likely N-dealkylation sites (tertiary alicyclic amines) is 1. The molecule has 3 unspecified atom stereocenters. The van der Waals surface area contributed by atoms with Crippen molar-refractivity contribution < 1.29 is 19.8 Å². The second-order valence-electron chi connectivity index (χ2n) is 8.59. The van der Waals surface area contributed by atoms with Crippen LogP contribution in [-0.4, -0.2) is 64.4 Å². The third-order valence-corrected chi connectivity index (χ3v) is 5.24. The predicted octanol–water partition coefficient (Wildman–Crippen LogP) is 1.41. The van der Waals surface area contributed by atoms with Crippen LogP contribution in [0.1, 0.15) is 52.9 Å². The van der Waals surface area contributed by atoms with E-state index in [2.05, 4.69) is 15.5 Å². The monoisotopic (exact) mass is 355 g/mol. The molecule has 0 spiro atoms. The lowest BCUT2D eigenvalue weighted by Gasteiger charge is -2.46. The minimum absolute atomic E-state index is 0.00918. The summed E-state index contributed by atoms with van der Waals surface area (Å²) in [6.45, 7) is 6.99. The molecule has 25 heavy (non-hydrogen) atoms. The van der Waals surface area contributed by atoms with Gasteiger partial charge in [0.15, 0.2) is 0 Å². The van der Waals surface area contributed by atoms with Gasteiger partial charge in [-0.2, -0.15) is 0 Å². The van der Waals surface area contributed by atoms with E-state index in [1.165, 1.54) is 25.7 Å². The lowest BCUT2D eigenvalue weighted by atomic mass is 9.72. The largest absolute Gasteiger partial charge is 0.465 e. The van der Waals surface area contributed by atoms with Gasteiger partial charge in [-0.05, 0) is 45.4 Å². The third-order valence-electron chi connectivity index (χ3n) is 5.24. The van der Waals surface area contributed by atoms with Crippen LogP contribution in [0.3, 0.4) is 0 Å². The van der Waals surface area contributed by atoms with Gasteiger partial charge in [-0.3, -0.25) is 9.69 Å². The Kier molecular flexibility index (Phi) is 6.68. The molecule has 2 amide bonds. The smallest absolute Gasteiger partial charge is 0.404 e. The maximum absolute atomic E-state index is 12.8. The highest BCUT2D eigenvalue weighted by atomic mass is 16.4. The highest BCUT2D eigenvalue weighted by molar-refractivity contribution is 5.82. The Labute approximate surface area is 150 Å². The Bertz CT molecular complexity index is 477. The van der Waals surface area contributed by atoms with Crippen molar-refractivity contribution >= 4 is 12.0 Å². The van der Waals surface area contributed by atoms with Crippen molar-refractivity contribution in [2.45, 2.75) is 70.6 Å². The van der Waals surface area contributed by atoms with Crippen LogP contribution in [0.4, 0.5) is 4.79 Å². The molecule has 0 aromatic rings. The number of nitrogens with one attached hydrogen (secondary N) is 2. The summed E-state index contributed by atoms with van der Waals surface area (Å²) in [4.78, 5) is 25.5. The summed E-state index contributed by atoms with van der Waals surface area (Å²) in [5.41, 5.74) is -0.296. The molecular formula is C18H33N3O4. The van der Waals surface area contributed by atoms with Gasteiger partial charge in [0.2, 0.25) is 5.91 Å². The van der Waals surface area contributed by atoms with Gasteiger partial charge < -0.3 is 20.8 Å². The number of aliphatic hydroxyl groups excluding tert-OH is 1. The average Bonchev–Trinajstić information content (AvgIpc) is 2.50. The molecule has 0 aromatic carbocycles. The Morgan fingerprint density at radius 1 is 1.20 bits per heavy atom. The summed E-state index contributed by atoms with van der Waals surface area (Å²) in [6.07, 6.45) is 3.69. The Morgan fingerprint density at radius 2 is 1.84 bits per heavy atom. The molecule has 4 N–H and O–H groups in total. The first-order chi connectivity index (χ1) is 11.7. The molecule has 1 saturated carbocycles. The minimum Gasteiger partial charge on any atom is -0.465 e. The van der Waals surface area contributed by atoms with Crippen LogP contribution in [0.5, 0.6) is 0 Å². The van der Waals surface area contributed by atoms with Crippen molar-refractivity contribution in [3.05, 3.63) is 0 Å². The van der Waals surface area contributed by atoms with E-state index in [9.17, 15) is 14.7 Å². The first kappa shape index (κ1) is 20.0. The molecular weight excluding hydrogens is 322 g/mol. The summed E-state index contributed by atoms with van der Waals surface area (Å²) in [6, 6.07) is -0.252. The van der Waals surface area contributed by atoms with Crippen LogP contribution in [-0.2, 0) is 4.79 Å². The zero-order chi connectivity index (χ0) is 18.6. The van der Waals surface area contributed by atoms with E-state index in [1.807, 2.05) is 20.8 Å². The van der Waals surface area contributed by atoms with Crippen LogP contribution >= 0.6 is 0 Å². The Hall–Kier alpha value is -1.34. The quantitative estimate of drug-likeness (QED) is 0.597. The van der Waals surface area contributed by atoms with Crippen molar-refractivity contribution in [2.24, 2.45) is 11.8 Å². The molecule has 2 rings (SSSR count).